The lowest BCUT2D eigenvalue weighted by molar-refractivity contribution is 0.403. The maximum atomic E-state index is 12.6. The fourth-order valence-electron chi connectivity index (χ4n) is 2.26. The number of sulfonamides is 1. The van der Waals surface area contributed by atoms with Gasteiger partial charge < -0.3 is 4.74 Å². The van der Waals surface area contributed by atoms with Crippen LogP contribution in [0.5, 0.6) is 5.88 Å². The van der Waals surface area contributed by atoms with Crippen LogP contribution in [-0.4, -0.2) is 35.3 Å². The van der Waals surface area contributed by atoms with Crippen molar-refractivity contribution in [2.75, 3.05) is 11.8 Å². The molecule has 0 saturated carbocycles. The van der Waals surface area contributed by atoms with Crippen molar-refractivity contribution in [3.8, 4) is 5.88 Å². The van der Waals surface area contributed by atoms with Crippen LogP contribution < -0.4 is 9.46 Å². The van der Waals surface area contributed by atoms with Crippen LogP contribution in [0.15, 0.2) is 29.3 Å². The summed E-state index contributed by atoms with van der Waals surface area (Å²) >= 11 is 0. The topological polar surface area (TPSA) is 99.0 Å². The minimum atomic E-state index is -3.80. The van der Waals surface area contributed by atoms with Gasteiger partial charge in [-0.05, 0) is 37.1 Å². The first kappa shape index (κ1) is 16.2. The van der Waals surface area contributed by atoms with Gasteiger partial charge in [0, 0.05) is 7.05 Å². The molecule has 0 saturated heterocycles. The maximum Gasteiger partial charge on any atom is 0.264 e. The molecule has 3 rings (SSSR count). The van der Waals surface area contributed by atoms with Crippen LogP contribution >= 0.6 is 0 Å². The van der Waals surface area contributed by atoms with Crippen molar-refractivity contribution in [1.29, 1.82) is 0 Å². The van der Waals surface area contributed by atoms with E-state index < -0.39 is 10.0 Å². The zero-order valence-electron chi connectivity index (χ0n) is 13.7. The summed E-state index contributed by atoms with van der Waals surface area (Å²) in [6.07, 6.45) is 1.57. The van der Waals surface area contributed by atoms with Gasteiger partial charge in [-0.3, -0.25) is 4.68 Å². The molecule has 0 aliphatic rings. The number of anilines is 1. The van der Waals surface area contributed by atoms with Crippen molar-refractivity contribution in [3.05, 3.63) is 35.5 Å². The summed E-state index contributed by atoms with van der Waals surface area (Å²) in [6.45, 7) is 3.78. The first-order valence-electron chi connectivity index (χ1n) is 7.15. The molecule has 0 radical (unpaired) electrons. The number of hydrogen-bond acceptors (Lipinski definition) is 6. The summed E-state index contributed by atoms with van der Waals surface area (Å²) < 4.78 is 34.3. The van der Waals surface area contributed by atoms with Crippen molar-refractivity contribution >= 4 is 27.0 Å². The highest BCUT2D eigenvalue weighted by Gasteiger charge is 2.19. The minimum absolute atomic E-state index is 0.0684. The van der Waals surface area contributed by atoms with E-state index in [0.717, 1.165) is 11.1 Å². The largest absolute Gasteiger partial charge is 0.480 e. The minimum Gasteiger partial charge on any atom is -0.480 e. The van der Waals surface area contributed by atoms with Gasteiger partial charge in [-0.15, -0.1) is 0 Å². The first-order chi connectivity index (χ1) is 11.3. The van der Waals surface area contributed by atoms with Crippen molar-refractivity contribution in [3.63, 3.8) is 0 Å². The molecule has 2 heterocycles. The molecule has 0 amide bonds. The van der Waals surface area contributed by atoms with Crippen LogP contribution in [0.1, 0.15) is 11.1 Å². The van der Waals surface area contributed by atoms with Gasteiger partial charge >= 0.3 is 0 Å². The molecule has 0 bridgehead atoms. The fraction of sp³-hybridized carbons (Fsp3) is 0.267. The molecule has 0 aliphatic carbocycles. The number of nitrogens with one attached hydrogen (secondary N) is 1. The predicted octanol–water partition coefficient (Wildman–Crippen LogP) is 1.79. The monoisotopic (exact) mass is 347 g/mol. The summed E-state index contributed by atoms with van der Waals surface area (Å²) in [6, 6.07) is 4.91. The van der Waals surface area contributed by atoms with E-state index in [4.69, 9.17) is 4.74 Å². The second-order valence-electron chi connectivity index (χ2n) is 5.41. The SMILES string of the molecule is COc1nc(NS(=O)(=O)c2ccc(C)c(C)c2)nc2c1cnn2C. The Kier molecular flexibility index (Phi) is 3.88. The Morgan fingerprint density at radius 3 is 2.58 bits per heavy atom. The molecule has 0 spiro atoms. The Balaban J connectivity index is 2.04. The highest BCUT2D eigenvalue weighted by atomic mass is 32.2. The van der Waals surface area contributed by atoms with Gasteiger partial charge in [0.2, 0.25) is 11.8 Å². The zero-order chi connectivity index (χ0) is 17.5. The summed E-state index contributed by atoms with van der Waals surface area (Å²) in [4.78, 5) is 8.47. The number of methoxy groups -OCH3 is 1. The van der Waals surface area contributed by atoms with Crippen LogP contribution in [0.2, 0.25) is 0 Å². The van der Waals surface area contributed by atoms with Gasteiger partial charge in [-0.2, -0.15) is 15.1 Å². The number of fused-ring (bicyclic) bond motifs is 1. The first-order valence-corrected chi connectivity index (χ1v) is 8.64. The van der Waals surface area contributed by atoms with Crippen molar-refractivity contribution < 1.29 is 13.2 Å². The highest BCUT2D eigenvalue weighted by Crippen LogP contribution is 2.24. The number of ether oxygens (including phenoxy) is 1. The molecular weight excluding hydrogens is 330 g/mol. The Morgan fingerprint density at radius 1 is 1.17 bits per heavy atom. The Labute approximate surface area is 139 Å². The Hall–Kier alpha value is -2.68. The lowest BCUT2D eigenvalue weighted by Gasteiger charge is -2.10. The fourth-order valence-corrected chi connectivity index (χ4v) is 3.29. The summed E-state index contributed by atoms with van der Waals surface area (Å²) in [5, 5.41) is 4.68. The zero-order valence-corrected chi connectivity index (χ0v) is 14.5. The molecule has 1 N–H and O–H groups in total. The standard InChI is InChI=1S/C15H17N5O3S/c1-9-5-6-11(7-10(9)2)24(21,22)19-15-17-13-12(8-16-20(13)3)14(18-15)23-4/h5-8H,1-4H3,(H,17,18,19). The Bertz CT molecular complexity index is 1030. The molecule has 1 aromatic carbocycles. The van der Waals surface area contributed by atoms with Crippen LogP contribution in [0, 0.1) is 13.8 Å². The quantitative estimate of drug-likeness (QED) is 0.772. The van der Waals surface area contributed by atoms with Crippen LogP contribution in [0.3, 0.4) is 0 Å². The number of hydrogen-bond donors (Lipinski definition) is 1. The van der Waals surface area contributed by atoms with Crippen molar-refractivity contribution in [1.82, 2.24) is 19.7 Å². The predicted molar refractivity (Wildman–Crippen MR) is 89.6 cm³/mol. The normalized spacial score (nSPS) is 11.7. The molecule has 2 aromatic heterocycles. The van der Waals surface area contributed by atoms with E-state index in [0.29, 0.717) is 11.0 Å². The summed E-state index contributed by atoms with van der Waals surface area (Å²) in [5.74, 6) is 0.187. The molecule has 24 heavy (non-hydrogen) atoms. The lowest BCUT2D eigenvalue weighted by Crippen LogP contribution is -2.16. The van der Waals surface area contributed by atoms with E-state index in [-0.39, 0.29) is 16.7 Å². The number of benzene rings is 1. The third kappa shape index (κ3) is 2.78. The number of nitrogens with zero attached hydrogens (tertiary/aromatic N) is 4. The lowest BCUT2D eigenvalue weighted by atomic mass is 10.1. The van der Waals surface area contributed by atoms with Crippen molar-refractivity contribution in [2.24, 2.45) is 7.05 Å². The maximum absolute atomic E-state index is 12.6. The Morgan fingerprint density at radius 2 is 1.92 bits per heavy atom. The molecule has 9 heteroatoms. The van der Waals surface area contributed by atoms with Gasteiger partial charge in [0.15, 0.2) is 5.65 Å². The van der Waals surface area contributed by atoms with Gasteiger partial charge in [-0.1, -0.05) is 6.07 Å². The number of rotatable bonds is 4. The van der Waals surface area contributed by atoms with E-state index in [9.17, 15) is 8.42 Å². The van der Waals surface area contributed by atoms with E-state index in [2.05, 4.69) is 19.8 Å². The van der Waals surface area contributed by atoms with Gasteiger partial charge in [-0.25, -0.2) is 13.1 Å². The third-order valence-electron chi connectivity index (χ3n) is 3.76. The summed E-state index contributed by atoms with van der Waals surface area (Å²) in [7, 11) is -0.643. The molecule has 3 aromatic rings. The van der Waals surface area contributed by atoms with E-state index >= 15 is 0 Å². The summed E-state index contributed by atoms with van der Waals surface area (Å²) in [5.41, 5.74) is 2.38. The average Bonchev–Trinajstić information content (AvgIpc) is 2.90. The van der Waals surface area contributed by atoms with Gasteiger partial charge in [0.1, 0.15) is 5.39 Å². The number of aromatic nitrogens is 4. The van der Waals surface area contributed by atoms with Crippen molar-refractivity contribution in [2.45, 2.75) is 18.7 Å². The molecular formula is C15H17N5O3S. The second-order valence-corrected chi connectivity index (χ2v) is 7.10. The van der Waals surface area contributed by atoms with E-state index in [1.54, 1.807) is 31.4 Å². The second kappa shape index (κ2) is 5.75. The van der Waals surface area contributed by atoms with Crippen LogP contribution in [-0.2, 0) is 17.1 Å². The van der Waals surface area contributed by atoms with Gasteiger partial charge in [0.05, 0.1) is 18.2 Å². The average molecular weight is 347 g/mol. The number of aryl methyl sites for hydroxylation is 3. The van der Waals surface area contributed by atoms with Crippen LogP contribution in [0.4, 0.5) is 5.95 Å². The molecule has 0 fully saturated rings. The molecule has 126 valence electrons. The van der Waals surface area contributed by atoms with E-state index in [1.165, 1.54) is 11.8 Å². The van der Waals surface area contributed by atoms with Crippen LogP contribution in [0.25, 0.3) is 11.0 Å². The van der Waals surface area contributed by atoms with E-state index in [1.807, 2.05) is 13.8 Å². The van der Waals surface area contributed by atoms with Gasteiger partial charge in [0.25, 0.3) is 10.0 Å². The molecule has 0 aliphatic heterocycles. The molecule has 0 unspecified atom stereocenters. The highest BCUT2D eigenvalue weighted by molar-refractivity contribution is 7.92. The molecule has 8 nitrogen and oxygen atoms in total. The smallest absolute Gasteiger partial charge is 0.264 e. The third-order valence-corrected chi connectivity index (χ3v) is 5.09. The molecule has 0 atom stereocenters.